The molecule has 0 aliphatic heterocycles. The molecule has 0 saturated carbocycles. The SMILES string of the molecule is Cc1nc2ncnn2c(C)c1CCC(=O)NCCCOCc1ccccc1. The van der Waals surface area contributed by atoms with E-state index in [-0.39, 0.29) is 5.91 Å². The third-order valence-corrected chi connectivity index (χ3v) is 4.49. The third-order valence-electron chi connectivity index (χ3n) is 4.49. The van der Waals surface area contributed by atoms with E-state index in [1.165, 1.54) is 6.33 Å². The number of benzene rings is 1. The van der Waals surface area contributed by atoms with Gasteiger partial charge in [0.1, 0.15) is 6.33 Å². The van der Waals surface area contributed by atoms with Gasteiger partial charge in [-0.25, -0.2) is 9.50 Å². The number of ether oxygens (including phenoxy) is 1. The molecule has 27 heavy (non-hydrogen) atoms. The number of aryl methyl sites for hydroxylation is 2. The molecule has 0 radical (unpaired) electrons. The number of aromatic nitrogens is 4. The van der Waals surface area contributed by atoms with Crippen LogP contribution in [0, 0.1) is 13.8 Å². The van der Waals surface area contributed by atoms with Crippen molar-refractivity contribution < 1.29 is 9.53 Å². The Bertz CT molecular complexity index is 892. The summed E-state index contributed by atoms with van der Waals surface area (Å²) in [5.74, 6) is 0.629. The molecule has 7 nitrogen and oxygen atoms in total. The van der Waals surface area contributed by atoms with Gasteiger partial charge in [0, 0.05) is 31.0 Å². The predicted molar refractivity (Wildman–Crippen MR) is 102 cm³/mol. The van der Waals surface area contributed by atoms with Crippen LogP contribution in [0.15, 0.2) is 36.7 Å². The van der Waals surface area contributed by atoms with Crippen molar-refractivity contribution in [2.45, 2.75) is 39.7 Å². The number of carbonyl (C=O) groups is 1. The minimum absolute atomic E-state index is 0.0375. The van der Waals surface area contributed by atoms with Gasteiger partial charge in [0.25, 0.3) is 5.78 Å². The van der Waals surface area contributed by atoms with Gasteiger partial charge in [-0.2, -0.15) is 10.1 Å². The molecule has 1 N–H and O–H groups in total. The second kappa shape index (κ2) is 9.23. The number of carbonyl (C=O) groups excluding carboxylic acids is 1. The maximum Gasteiger partial charge on any atom is 0.252 e. The average molecular weight is 367 g/mol. The first-order valence-electron chi connectivity index (χ1n) is 9.19. The summed E-state index contributed by atoms with van der Waals surface area (Å²) < 4.78 is 7.33. The molecular weight excluding hydrogens is 342 g/mol. The van der Waals surface area contributed by atoms with E-state index in [2.05, 4.69) is 20.4 Å². The zero-order valence-corrected chi connectivity index (χ0v) is 15.8. The van der Waals surface area contributed by atoms with Crippen molar-refractivity contribution in [2.75, 3.05) is 13.2 Å². The van der Waals surface area contributed by atoms with Crippen molar-refractivity contribution in [1.82, 2.24) is 24.9 Å². The topological polar surface area (TPSA) is 81.4 Å². The van der Waals surface area contributed by atoms with E-state index < -0.39 is 0 Å². The standard InChI is InChI=1S/C20H25N5O2/c1-15-18(16(2)25-20(24-15)22-14-23-25)9-10-19(26)21-11-6-12-27-13-17-7-4-3-5-8-17/h3-5,7-8,14H,6,9-13H2,1-2H3,(H,21,26). The summed E-state index contributed by atoms with van der Waals surface area (Å²) in [6, 6.07) is 10.1. The summed E-state index contributed by atoms with van der Waals surface area (Å²) in [5.41, 5.74) is 4.09. The van der Waals surface area contributed by atoms with E-state index in [4.69, 9.17) is 4.74 Å². The van der Waals surface area contributed by atoms with Gasteiger partial charge in [-0.05, 0) is 37.8 Å². The van der Waals surface area contributed by atoms with Crippen LogP contribution >= 0.6 is 0 Å². The van der Waals surface area contributed by atoms with Crippen LogP contribution in [0.1, 0.15) is 35.4 Å². The summed E-state index contributed by atoms with van der Waals surface area (Å²) in [5, 5.41) is 7.12. The van der Waals surface area contributed by atoms with Gasteiger partial charge in [0.15, 0.2) is 0 Å². The van der Waals surface area contributed by atoms with Crippen LogP contribution in [0.5, 0.6) is 0 Å². The van der Waals surface area contributed by atoms with Crippen molar-refractivity contribution in [3.63, 3.8) is 0 Å². The van der Waals surface area contributed by atoms with Gasteiger partial charge in [-0.1, -0.05) is 30.3 Å². The minimum atomic E-state index is 0.0375. The van der Waals surface area contributed by atoms with E-state index in [9.17, 15) is 4.79 Å². The molecular formula is C20H25N5O2. The maximum absolute atomic E-state index is 12.1. The Morgan fingerprint density at radius 1 is 1.22 bits per heavy atom. The lowest BCUT2D eigenvalue weighted by Gasteiger charge is -2.10. The van der Waals surface area contributed by atoms with Crippen molar-refractivity contribution in [3.05, 3.63) is 59.2 Å². The molecule has 2 aromatic heterocycles. The highest BCUT2D eigenvalue weighted by molar-refractivity contribution is 5.76. The highest BCUT2D eigenvalue weighted by Gasteiger charge is 2.12. The Morgan fingerprint density at radius 3 is 2.85 bits per heavy atom. The number of amides is 1. The van der Waals surface area contributed by atoms with Gasteiger partial charge in [0.05, 0.1) is 6.61 Å². The molecule has 0 fully saturated rings. The number of hydrogen-bond donors (Lipinski definition) is 1. The fourth-order valence-electron chi connectivity index (χ4n) is 3.01. The zero-order chi connectivity index (χ0) is 19.1. The number of rotatable bonds is 9. The van der Waals surface area contributed by atoms with Gasteiger partial charge < -0.3 is 10.1 Å². The molecule has 0 aliphatic carbocycles. The quantitative estimate of drug-likeness (QED) is 0.587. The maximum atomic E-state index is 12.1. The Hall–Kier alpha value is -2.80. The normalized spacial score (nSPS) is 11.0. The fourth-order valence-corrected chi connectivity index (χ4v) is 3.01. The molecule has 7 heteroatoms. The van der Waals surface area contributed by atoms with Crippen LogP contribution in [0.2, 0.25) is 0 Å². The van der Waals surface area contributed by atoms with E-state index >= 15 is 0 Å². The van der Waals surface area contributed by atoms with Crippen LogP contribution in [-0.4, -0.2) is 38.6 Å². The largest absolute Gasteiger partial charge is 0.377 e. The molecule has 2 heterocycles. The highest BCUT2D eigenvalue weighted by atomic mass is 16.5. The first kappa shape index (κ1) is 19.0. The number of fused-ring (bicyclic) bond motifs is 1. The molecule has 0 aliphatic rings. The number of hydrogen-bond acceptors (Lipinski definition) is 5. The van der Waals surface area contributed by atoms with E-state index in [0.717, 1.165) is 28.9 Å². The van der Waals surface area contributed by atoms with Crippen LogP contribution in [0.4, 0.5) is 0 Å². The molecule has 0 unspecified atom stereocenters. The summed E-state index contributed by atoms with van der Waals surface area (Å²) >= 11 is 0. The van der Waals surface area contributed by atoms with Crippen LogP contribution in [-0.2, 0) is 22.6 Å². The summed E-state index contributed by atoms with van der Waals surface area (Å²) in [4.78, 5) is 20.6. The zero-order valence-electron chi connectivity index (χ0n) is 15.8. The van der Waals surface area contributed by atoms with Gasteiger partial charge >= 0.3 is 0 Å². The van der Waals surface area contributed by atoms with Crippen LogP contribution in [0.3, 0.4) is 0 Å². The number of nitrogens with one attached hydrogen (secondary N) is 1. The lowest BCUT2D eigenvalue weighted by Crippen LogP contribution is -2.25. The Kier molecular flexibility index (Phi) is 6.49. The Labute approximate surface area is 158 Å². The average Bonchev–Trinajstić information content (AvgIpc) is 3.13. The van der Waals surface area contributed by atoms with E-state index in [0.29, 0.717) is 38.4 Å². The molecule has 0 bridgehead atoms. The monoisotopic (exact) mass is 367 g/mol. The Morgan fingerprint density at radius 2 is 2.04 bits per heavy atom. The van der Waals surface area contributed by atoms with Crippen LogP contribution < -0.4 is 5.32 Å². The molecule has 1 aromatic carbocycles. The molecule has 3 aromatic rings. The van der Waals surface area contributed by atoms with Crippen molar-refractivity contribution in [1.29, 1.82) is 0 Å². The molecule has 0 atom stereocenters. The number of nitrogens with zero attached hydrogens (tertiary/aromatic N) is 4. The summed E-state index contributed by atoms with van der Waals surface area (Å²) in [7, 11) is 0. The summed E-state index contributed by atoms with van der Waals surface area (Å²) in [6.07, 6.45) is 3.35. The highest BCUT2D eigenvalue weighted by Crippen LogP contribution is 2.14. The third kappa shape index (κ3) is 5.10. The lowest BCUT2D eigenvalue weighted by molar-refractivity contribution is -0.121. The second-order valence-corrected chi connectivity index (χ2v) is 6.47. The first-order chi connectivity index (χ1) is 13.1. The summed E-state index contributed by atoms with van der Waals surface area (Å²) in [6.45, 7) is 5.77. The Balaban J connectivity index is 1.36. The molecule has 3 rings (SSSR count). The van der Waals surface area contributed by atoms with E-state index in [1.54, 1.807) is 4.52 Å². The molecule has 1 amide bonds. The van der Waals surface area contributed by atoms with Crippen molar-refractivity contribution >= 4 is 11.7 Å². The van der Waals surface area contributed by atoms with Crippen molar-refractivity contribution in [2.24, 2.45) is 0 Å². The minimum Gasteiger partial charge on any atom is -0.377 e. The van der Waals surface area contributed by atoms with Crippen LogP contribution in [0.25, 0.3) is 5.78 Å². The molecule has 0 saturated heterocycles. The van der Waals surface area contributed by atoms with Gasteiger partial charge in [-0.15, -0.1) is 0 Å². The fraction of sp³-hybridized carbons (Fsp3) is 0.400. The molecule has 0 spiro atoms. The van der Waals surface area contributed by atoms with Crippen molar-refractivity contribution in [3.8, 4) is 0 Å². The van der Waals surface area contributed by atoms with Gasteiger partial charge in [0.2, 0.25) is 5.91 Å². The lowest BCUT2D eigenvalue weighted by atomic mass is 10.1. The molecule has 142 valence electrons. The predicted octanol–water partition coefficient (Wildman–Crippen LogP) is 2.40. The second-order valence-electron chi connectivity index (χ2n) is 6.47. The first-order valence-corrected chi connectivity index (χ1v) is 9.19. The van der Waals surface area contributed by atoms with Gasteiger partial charge in [-0.3, -0.25) is 4.79 Å². The smallest absolute Gasteiger partial charge is 0.252 e. The van der Waals surface area contributed by atoms with E-state index in [1.807, 2.05) is 44.2 Å².